The summed E-state index contributed by atoms with van der Waals surface area (Å²) in [6.45, 7) is 0. The molecule has 18 heavy (non-hydrogen) atoms. The first-order valence-corrected chi connectivity index (χ1v) is 5.78. The summed E-state index contributed by atoms with van der Waals surface area (Å²) in [6, 6.07) is 18.8. The Hall–Kier alpha value is -2.13. The van der Waals surface area contributed by atoms with Gasteiger partial charge < -0.3 is 10.3 Å². The topological polar surface area (TPSA) is 52.8 Å². The van der Waals surface area contributed by atoms with Crippen molar-refractivity contribution in [1.82, 2.24) is 0 Å². The summed E-state index contributed by atoms with van der Waals surface area (Å²) in [5.41, 5.74) is 1.71. The second-order valence-electron chi connectivity index (χ2n) is 4.06. The molecular formula is C15H15NO2. The predicted octanol–water partition coefficient (Wildman–Crippen LogP) is 2.96. The molecule has 0 saturated heterocycles. The van der Waals surface area contributed by atoms with Gasteiger partial charge in [-0.15, -0.1) is 5.16 Å². The van der Waals surface area contributed by atoms with Gasteiger partial charge in [-0.05, 0) is 11.1 Å². The van der Waals surface area contributed by atoms with E-state index < -0.39 is 6.10 Å². The van der Waals surface area contributed by atoms with Gasteiger partial charge in [0.15, 0.2) is 0 Å². The third-order valence-corrected chi connectivity index (χ3v) is 2.89. The number of aliphatic hydroxyl groups excluding tert-OH is 1. The molecule has 0 spiro atoms. The molecule has 2 aromatic carbocycles. The van der Waals surface area contributed by atoms with Crippen LogP contribution in [-0.2, 0) is 0 Å². The molecule has 0 aliphatic heterocycles. The number of benzene rings is 2. The van der Waals surface area contributed by atoms with Gasteiger partial charge in [-0.3, -0.25) is 0 Å². The van der Waals surface area contributed by atoms with Crippen LogP contribution in [0.1, 0.15) is 23.1 Å². The average molecular weight is 241 g/mol. The van der Waals surface area contributed by atoms with Gasteiger partial charge in [-0.25, -0.2) is 0 Å². The minimum Gasteiger partial charge on any atom is -0.411 e. The first-order valence-electron chi connectivity index (χ1n) is 5.78. The zero-order chi connectivity index (χ0) is 12.8. The first-order chi connectivity index (χ1) is 8.83. The summed E-state index contributed by atoms with van der Waals surface area (Å²) in [4.78, 5) is 0. The quantitative estimate of drug-likeness (QED) is 0.491. The van der Waals surface area contributed by atoms with Crippen LogP contribution in [0.15, 0.2) is 65.8 Å². The average Bonchev–Trinajstić information content (AvgIpc) is 2.46. The summed E-state index contributed by atoms with van der Waals surface area (Å²) in [5, 5.41) is 22.2. The van der Waals surface area contributed by atoms with Crippen molar-refractivity contribution in [3.05, 3.63) is 71.8 Å². The number of hydrogen-bond donors (Lipinski definition) is 2. The van der Waals surface area contributed by atoms with E-state index in [1.165, 1.54) is 6.21 Å². The van der Waals surface area contributed by atoms with E-state index in [0.717, 1.165) is 11.1 Å². The molecule has 92 valence electrons. The molecule has 0 radical (unpaired) electrons. The zero-order valence-corrected chi connectivity index (χ0v) is 9.85. The summed E-state index contributed by atoms with van der Waals surface area (Å²) >= 11 is 0. The van der Waals surface area contributed by atoms with Crippen molar-refractivity contribution in [2.75, 3.05) is 0 Å². The smallest absolute Gasteiger partial charge is 0.0909 e. The van der Waals surface area contributed by atoms with Crippen molar-refractivity contribution < 1.29 is 10.3 Å². The van der Waals surface area contributed by atoms with Crippen molar-refractivity contribution in [2.45, 2.75) is 12.0 Å². The number of nitrogens with zero attached hydrogens (tertiary/aromatic N) is 1. The monoisotopic (exact) mass is 241 g/mol. The number of aliphatic hydroxyl groups is 1. The summed E-state index contributed by atoms with van der Waals surface area (Å²) in [7, 11) is 0. The molecule has 3 nitrogen and oxygen atoms in total. The summed E-state index contributed by atoms with van der Waals surface area (Å²) in [5.74, 6) is -0.362. The highest BCUT2D eigenvalue weighted by Crippen LogP contribution is 2.29. The number of hydrogen-bond acceptors (Lipinski definition) is 3. The molecule has 0 fully saturated rings. The molecule has 0 bridgehead atoms. The Bertz CT molecular complexity index is 496. The fraction of sp³-hybridized carbons (Fsp3) is 0.133. The third-order valence-electron chi connectivity index (χ3n) is 2.89. The minimum atomic E-state index is -0.732. The molecule has 0 heterocycles. The largest absolute Gasteiger partial charge is 0.411 e. The van der Waals surface area contributed by atoms with Gasteiger partial charge in [-0.2, -0.15) is 0 Å². The van der Waals surface area contributed by atoms with Crippen molar-refractivity contribution >= 4 is 6.21 Å². The second kappa shape index (κ2) is 5.98. The van der Waals surface area contributed by atoms with Crippen LogP contribution in [-0.4, -0.2) is 16.5 Å². The molecule has 0 aliphatic rings. The molecule has 2 unspecified atom stereocenters. The van der Waals surface area contributed by atoms with Gasteiger partial charge in [-0.1, -0.05) is 60.7 Å². The van der Waals surface area contributed by atoms with Gasteiger partial charge in [0.05, 0.1) is 18.2 Å². The molecule has 0 amide bonds. The molecule has 2 N–H and O–H groups in total. The highest BCUT2D eigenvalue weighted by atomic mass is 16.4. The molecule has 0 saturated carbocycles. The summed E-state index contributed by atoms with van der Waals surface area (Å²) < 4.78 is 0. The van der Waals surface area contributed by atoms with Gasteiger partial charge >= 0.3 is 0 Å². The lowest BCUT2D eigenvalue weighted by Crippen LogP contribution is -2.12. The van der Waals surface area contributed by atoms with Gasteiger partial charge in [0.25, 0.3) is 0 Å². The van der Waals surface area contributed by atoms with E-state index in [1.807, 2.05) is 60.7 Å². The van der Waals surface area contributed by atoms with E-state index in [1.54, 1.807) is 0 Å². The van der Waals surface area contributed by atoms with Crippen LogP contribution >= 0.6 is 0 Å². The highest BCUT2D eigenvalue weighted by Gasteiger charge is 2.20. The van der Waals surface area contributed by atoms with Crippen molar-refractivity contribution in [2.24, 2.45) is 5.16 Å². The predicted molar refractivity (Wildman–Crippen MR) is 70.9 cm³/mol. The van der Waals surface area contributed by atoms with E-state index in [0.29, 0.717) is 0 Å². The lowest BCUT2D eigenvalue weighted by molar-refractivity contribution is 0.168. The Morgan fingerprint density at radius 3 is 1.83 bits per heavy atom. The Morgan fingerprint density at radius 1 is 0.833 bits per heavy atom. The number of oxime groups is 1. The second-order valence-corrected chi connectivity index (χ2v) is 4.06. The molecule has 3 heteroatoms. The lowest BCUT2D eigenvalue weighted by atomic mass is 9.90. The van der Waals surface area contributed by atoms with E-state index in [4.69, 9.17) is 5.21 Å². The van der Waals surface area contributed by atoms with E-state index in [9.17, 15) is 5.11 Å². The maximum absolute atomic E-state index is 10.4. The molecular weight excluding hydrogens is 226 g/mol. The normalized spacial score (nSPS) is 14.5. The molecule has 0 aliphatic carbocycles. The van der Waals surface area contributed by atoms with Crippen molar-refractivity contribution in [3.8, 4) is 0 Å². The zero-order valence-electron chi connectivity index (χ0n) is 9.85. The maximum Gasteiger partial charge on any atom is 0.0909 e. The molecule has 2 atom stereocenters. The fourth-order valence-corrected chi connectivity index (χ4v) is 1.95. The standard InChI is InChI=1S/C15H15NO2/c17-15(13-9-5-2-6-10-13)14(11-16-18)12-7-3-1-4-8-12/h1-11,14-15,17-18H/b16-11-. The highest BCUT2D eigenvalue weighted by molar-refractivity contribution is 5.68. The van der Waals surface area contributed by atoms with Gasteiger partial charge in [0.2, 0.25) is 0 Å². The van der Waals surface area contributed by atoms with E-state index >= 15 is 0 Å². The summed E-state index contributed by atoms with van der Waals surface area (Å²) in [6.07, 6.45) is 0.622. The number of rotatable bonds is 4. The van der Waals surface area contributed by atoms with Gasteiger partial charge in [0.1, 0.15) is 0 Å². The Balaban J connectivity index is 2.32. The van der Waals surface area contributed by atoms with Crippen molar-refractivity contribution in [3.63, 3.8) is 0 Å². The molecule has 2 aromatic rings. The van der Waals surface area contributed by atoms with Crippen molar-refractivity contribution in [1.29, 1.82) is 0 Å². The van der Waals surface area contributed by atoms with Crippen LogP contribution in [0.4, 0.5) is 0 Å². The van der Waals surface area contributed by atoms with Crippen LogP contribution in [0.25, 0.3) is 0 Å². The van der Waals surface area contributed by atoms with E-state index in [2.05, 4.69) is 5.16 Å². The lowest BCUT2D eigenvalue weighted by Gasteiger charge is -2.19. The van der Waals surface area contributed by atoms with Crippen LogP contribution in [0.3, 0.4) is 0 Å². The maximum atomic E-state index is 10.4. The van der Waals surface area contributed by atoms with Gasteiger partial charge in [0, 0.05) is 0 Å². The molecule has 2 rings (SSSR count). The SMILES string of the molecule is O/N=C\C(c1ccccc1)C(O)c1ccccc1. The third kappa shape index (κ3) is 2.76. The van der Waals surface area contributed by atoms with Crippen LogP contribution in [0.5, 0.6) is 0 Å². The molecule has 0 aromatic heterocycles. The van der Waals surface area contributed by atoms with Crippen LogP contribution in [0.2, 0.25) is 0 Å². The first kappa shape index (κ1) is 12.3. The Labute approximate surface area is 106 Å². The Kier molecular flexibility index (Phi) is 4.10. The van der Waals surface area contributed by atoms with E-state index in [-0.39, 0.29) is 5.92 Å². The van der Waals surface area contributed by atoms with Crippen LogP contribution < -0.4 is 0 Å². The minimum absolute atomic E-state index is 0.362. The fourth-order valence-electron chi connectivity index (χ4n) is 1.95. The Morgan fingerprint density at radius 2 is 1.33 bits per heavy atom. The van der Waals surface area contributed by atoms with Crippen LogP contribution in [0, 0.1) is 0 Å².